The summed E-state index contributed by atoms with van der Waals surface area (Å²) in [5.41, 5.74) is -0.484. The van der Waals surface area contributed by atoms with Crippen LogP contribution in [0.15, 0.2) is 12.2 Å². The fourth-order valence-corrected chi connectivity index (χ4v) is 1.86. The largest absolute Gasteiger partial charge is 0.444 e. The molecule has 0 aliphatic carbocycles. The van der Waals surface area contributed by atoms with E-state index in [0.29, 0.717) is 26.1 Å². The number of nitrogens with zero attached hydrogens (tertiary/aromatic N) is 1. The van der Waals surface area contributed by atoms with Crippen LogP contribution in [-0.4, -0.2) is 54.6 Å². The molecule has 1 aliphatic rings. The number of hydrogen-bond donors (Lipinski definition) is 2. The smallest absolute Gasteiger partial charge is 0.407 e. The SMILES string of the molecule is CC(C)(C)OC(=O)NCCCNCCCN1C(=O)C=CC1=O. The number of carbonyl (C=O) groups excluding carboxylic acids is 3. The average molecular weight is 311 g/mol. The number of amides is 3. The van der Waals surface area contributed by atoms with Gasteiger partial charge in [-0.3, -0.25) is 14.5 Å². The number of nitrogens with one attached hydrogen (secondary N) is 2. The van der Waals surface area contributed by atoms with E-state index in [2.05, 4.69) is 10.6 Å². The van der Waals surface area contributed by atoms with E-state index in [1.54, 1.807) is 0 Å². The lowest BCUT2D eigenvalue weighted by Crippen LogP contribution is -2.34. The molecule has 0 atom stereocenters. The molecule has 0 bridgehead atoms. The average Bonchev–Trinajstić information content (AvgIpc) is 2.71. The van der Waals surface area contributed by atoms with Gasteiger partial charge in [0.15, 0.2) is 0 Å². The van der Waals surface area contributed by atoms with E-state index in [1.807, 2.05) is 20.8 Å². The highest BCUT2D eigenvalue weighted by Gasteiger charge is 2.22. The molecular formula is C15H25N3O4. The lowest BCUT2D eigenvalue weighted by atomic mass is 10.2. The lowest BCUT2D eigenvalue weighted by molar-refractivity contribution is -0.136. The van der Waals surface area contributed by atoms with Gasteiger partial charge in [-0.05, 0) is 46.7 Å². The number of hydrogen-bond acceptors (Lipinski definition) is 5. The van der Waals surface area contributed by atoms with Crippen LogP contribution in [0.2, 0.25) is 0 Å². The molecule has 0 aromatic carbocycles. The zero-order valence-electron chi connectivity index (χ0n) is 13.5. The maximum absolute atomic E-state index is 11.4. The minimum atomic E-state index is -0.484. The number of carbonyl (C=O) groups is 3. The molecule has 2 N–H and O–H groups in total. The summed E-state index contributed by atoms with van der Waals surface area (Å²) in [6.45, 7) is 7.88. The molecule has 1 aliphatic heterocycles. The van der Waals surface area contributed by atoms with E-state index in [-0.39, 0.29) is 11.8 Å². The second-order valence-electron chi connectivity index (χ2n) is 6.05. The van der Waals surface area contributed by atoms with Crippen molar-refractivity contribution in [2.75, 3.05) is 26.2 Å². The van der Waals surface area contributed by atoms with Gasteiger partial charge < -0.3 is 15.4 Å². The summed E-state index contributed by atoms with van der Waals surface area (Å²) in [4.78, 5) is 35.2. The third kappa shape index (κ3) is 7.21. The standard InChI is InChI=1S/C15H25N3O4/c1-15(2,3)22-14(21)17-10-4-8-16-9-5-11-18-12(19)6-7-13(18)20/h6-7,16H,4-5,8-11H2,1-3H3,(H,17,21). The highest BCUT2D eigenvalue weighted by Crippen LogP contribution is 2.06. The molecule has 3 amide bonds. The van der Waals surface area contributed by atoms with Gasteiger partial charge in [-0.15, -0.1) is 0 Å². The van der Waals surface area contributed by atoms with E-state index < -0.39 is 11.7 Å². The Labute approximate surface area is 131 Å². The van der Waals surface area contributed by atoms with Gasteiger partial charge in [0.05, 0.1) is 0 Å². The van der Waals surface area contributed by atoms with Crippen molar-refractivity contribution in [2.45, 2.75) is 39.2 Å². The van der Waals surface area contributed by atoms with Crippen molar-refractivity contribution in [3.05, 3.63) is 12.2 Å². The molecule has 0 saturated heterocycles. The monoisotopic (exact) mass is 311 g/mol. The molecule has 0 aromatic heterocycles. The summed E-state index contributed by atoms with van der Waals surface area (Å²) < 4.78 is 5.11. The molecule has 1 rings (SSSR count). The summed E-state index contributed by atoms with van der Waals surface area (Å²) in [5, 5.41) is 5.88. The van der Waals surface area contributed by atoms with Crippen LogP contribution in [0, 0.1) is 0 Å². The van der Waals surface area contributed by atoms with Crippen molar-refractivity contribution in [1.29, 1.82) is 0 Å². The predicted molar refractivity (Wildman–Crippen MR) is 82.2 cm³/mol. The normalized spacial score (nSPS) is 14.6. The van der Waals surface area contributed by atoms with Gasteiger partial charge >= 0.3 is 6.09 Å². The maximum atomic E-state index is 11.4. The van der Waals surface area contributed by atoms with Crippen LogP contribution in [0.25, 0.3) is 0 Å². The minimum absolute atomic E-state index is 0.244. The summed E-state index contributed by atoms with van der Waals surface area (Å²) in [6.07, 6.45) is 3.66. The quantitative estimate of drug-likeness (QED) is 0.511. The van der Waals surface area contributed by atoms with Crippen LogP contribution >= 0.6 is 0 Å². The van der Waals surface area contributed by atoms with Crippen LogP contribution in [-0.2, 0) is 14.3 Å². The number of ether oxygens (including phenoxy) is 1. The second-order valence-corrected chi connectivity index (χ2v) is 6.05. The highest BCUT2D eigenvalue weighted by atomic mass is 16.6. The van der Waals surface area contributed by atoms with E-state index in [1.165, 1.54) is 17.1 Å². The first kappa shape index (κ1) is 18.2. The fourth-order valence-electron chi connectivity index (χ4n) is 1.86. The highest BCUT2D eigenvalue weighted by molar-refractivity contribution is 6.12. The first-order valence-corrected chi connectivity index (χ1v) is 7.51. The zero-order chi connectivity index (χ0) is 16.6. The topological polar surface area (TPSA) is 87.7 Å². The number of rotatable bonds is 8. The Morgan fingerprint density at radius 1 is 1.09 bits per heavy atom. The Bertz CT molecular complexity index is 423. The minimum Gasteiger partial charge on any atom is -0.444 e. The molecule has 0 fully saturated rings. The first-order valence-electron chi connectivity index (χ1n) is 7.51. The van der Waals surface area contributed by atoms with Gasteiger partial charge in [0.1, 0.15) is 5.60 Å². The van der Waals surface area contributed by atoms with Gasteiger partial charge in [-0.25, -0.2) is 4.79 Å². The van der Waals surface area contributed by atoms with Gasteiger partial charge in [0.25, 0.3) is 11.8 Å². The first-order chi connectivity index (χ1) is 10.3. The Kier molecular flexibility index (Phi) is 7.04. The van der Waals surface area contributed by atoms with Crippen molar-refractivity contribution < 1.29 is 19.1 Å². The van der Waals surface area contributed by atoms with Crippen LogP contribution in [0.5, 0.6) is 0 Å². The summed E-state index contributed by atoms with van der Waals surface area (Å²) >= 11 is 0. The molecular weight excluding hydrogens is 286 g/mol. The lowest BCUT2D eigenvalue weighted by Gasteiger charge is -2.19. The van der Waals surface area contributed by atoms with E-state index in [9.17, 15) is 14.4 Å². The third-order valence-electron chi connectivity index (χ3n) is 2.83. The van der Waals surface area contributed by atoms with Gasteiger partial charge in [0, 0.05) is 25.2 Å². The van der Waals surface area contributed by atoms with Crippen LogP contribution < -0.4 is 10.6 Å². The molecule has 0 spiro atoms. The summed E-state index contributed by atoms with van der Waals surface area (Å²) in [5.74, 6) is -0.488. The molecule has 124 valence electrons. The maximum Gasteiger partial charge on any atom is 0.407 e. The summed E-state index contributed by atoms with van der Waals surface area (Å²) in [6, 6.07) is 0. The summed E-state index contributed by atoms with van der Waals surface area (Å²) in [7, 11) is 0. The zero-order valence-corrected chi connectivity index (χ0v) is 13.5. The van der Waals surface area contributed by atoms with Crippen molar-refractivity contribution in [1.82, 2.24) is 15.5 Å². The second kappa shape index (κ2) is 8.53. The molecule has 7 nitrogen and oxygen atoms in total. The van der Waals surface area contributed by atoms with Gasteiger partial charge in [-0.2, -0.15) is 0 Å². The fraction of sp³-hybridized carbons (Fsp3) is 0.667. The predicted octanol–water partition coefficient (Wildman–Crippen LogP) is 0.806. The molecule has 0 aromatic rings. The Morgan fingerprint density at radius 3 is 2.27 bits per heavy atom. The molecule has 0 radical (unpaired) electrons. The van der Waals surface area contributed by atoms with Gasteiger partial charge in [-0.1, -0.05) is 0 Å². The molecule has 22 heavy (non-hydrogen) atoms. The molecule has 7 heteroatoms. The molecule has 1 heterocycles. The van der Waals surface area contributed by atoms with Crippen LogP contribution in [0.4, 0.5) is 4.79 Å². The Balaban J connectivity index is 1.95. The van der Waals surface area contributed by atoms with E-state index in [4.69, 9.17) is 4.74 Å². The molecule has 0 unspecified atom stereocenters. The van der Waals surface area contributed by atoms with Crippen LogP contribution in [0.3, 0.4) is 0 Å². The number of alkyl carbamates (subject to hydrolysis) is 1. The van der Waals surface area contributed by atoms with E-state index >= 15 is 0 Å². The van der Waals surface area contributed by atoms with E-state index in [0.717, 1.165) is 13.0 Å². The third-order valence-corrected chi connectivity index (χ3v) is 2.83. The van der Waals surface area contributed by atoms with Gasteiger partial charge in [0.2, 0.25) is 0 Å². The van der Waals surface area contributed by atoms with Crippen molar-refractivity contribution >= 4 is 17.9 Å². The Morgan fingerprint density at radius 2 is 1.68 bits per heavy atom. The van der Waals surface area contributed by atoms with Crippen molar-refractivity contribution in [3.8, 4) is 0 Å². The number of imide groups is 1. The van der Waals surface area contributed by atoms with Crippen LogP contribution in [0.1, 0.15) is 33.6 Å². The van der Waals surface area contributed by atoms with Crippen molar-refractivity contribution in [3.63, 3.8) is 0 Å². The molecule has 0 saturated carbocycles. The van der Waals surface area contributed by atoms with Crippen molar-refractivity contribution in [2.24, 2.45) is 0 Å². The Hall–Kier alpha value is -1.89.